The van der Waals surface area contributed by atoms with Gasteiger partial charge < -0.3 is 9.64 Å². The van der Waals surface area contributed by atoms with Crippen LogP contribution in [-0.4, -0.2) is 51.2 Å². The quantitative estimate of drug-likeness (QED) is 0.776. The molecule has 2 aliphatic rings. The Hall–Kier alpha value is -1.96. The number of para-hydroxylation sites is 2. The Balaban J connectivity index is 1.82. The van der Waals surface area contributed by atoms with E-state index < -0.39 is 21.9 Å². The summed E-state index contributed by atoms with van der Waals surface area (Å²) in [6.45, 7) is 6.26. The fourth-order valence-corrected chi connectivity index (χ4v) is 4.73. The fourth-order valence-electron chi connectivity index (χ4n) is 3.11. The fraction of sp³-hybridized carbons (Fsp3) is 0.562. The maximum atomic E-state index is 12.8. The number of fused-ring (bicyclic) bond motifs is 1. The second-order valence-corrected chi connectivity index (χ2v) is 8.97. The van der Waals surface area contributed by atoms with E-state index in [-0.39, 0.29) is 6.04 Å². The number of carbonyl (C=O) groups excluding carboxylic acids is 1. The van der Waals surface area contributed by atoms with Crippen LogP contribution in [0.25, 0.3) is 0 Å². The molecule has 0 saturated carbocycles. The van der Waals surface area contributed by atoms with E-state index in [0.29, 0.717) is 30.9 Å². The summed E-state index contributed by atoms with van der Waals surface area (Å²) in [5.74, 6) is 0. The molecule has 8 heteroatoms. The average Bonchev–Trinajstić information content (AvgIpc) is 3.01. The van der Waals surface area contributed by atoms with Crippen LogP contribution in [-0.2, 0) is 14.9 Å². The zero-order valence-electron chi connectivity index (χ0n) is 14.4. The standard InChI is InChI=1S/C16H23N3O4S/c1-16(2,3)23-15(20)18-10-9-12(11-18)19-14-8-6-5-7-13(14)17(4)24(19,21)22/h5-8,12H,9-11H2,1-4H3/t12-/m1/s1. The number of hydrogen-bond acceptors (Lipinski definition) is 4. The highest BCUT2D eigenvalue weighted by molar-refractivity contribution is 7.94. The van der Waals surface area contributed by atoms with Gasteiger partial charge in [0.2, 0.25) is 0 Å². The van der Waals surface area contributed by atoms with Gasteiger partial charge in [0.15, 0.2) is 0 Å². The molecular formula is C16H23N3O4S. The zero-order chi connectivity index (χ0) is 17.7. The van der Waals surface area contributed by atoms with Gasteiger partial charge in [-0.05, 0) is 39.3 Å². The van der Waals surface area contributed by atoms with Crippen molar-refractivity contribution in [3.05, 3.63) is 24.3 Å². The van der Waals surface area contributed by atoms with Gasteiger partial charge in [0.1, 0.15) is 5.60 Å². The van der Waals surface area contributed by atoms with E-state index in [0.717, 1.165) is 0 Å². The van der Waals surface area contributed by atoms with Gasteiger partial charge in [-0.25, -0.2) is 9.10 Å². The van der Waals surface area contributed by atoms with E-state index in [2.05, 4.69) is 0 Å². The van der Waals surface area contributed by atoms with Gasteiger partial charge in [-0.15, -0.1) is 0 Å². The Labute approximate surface area is 143 Å². The maximum absolute atomic E-state index is 12.8. The first-order valence-corrected chi connectivity index (χ1v) is 9.36. The molecule has 0 spiro atoms. The first-order chi connectivity index (χ1) is 11.1. The van der Waals surface area contributed by atoms with Crippen LogP contribution in [0.15, 0.2) is 24.3 Å². The Morgan fingerprint density at radius 2 is 1.83 bits per heavy atom. The Morgan fingerprint density at radius 1 is 1.21 bits per heavy atom. The van der Waals surface area contributed by atoms with E-state index in [1.165, 1.54) is 8.61 Å². The number of hydrogen-bond donors (Lipinski definition) is 0. The van der Waals surface area contributed by atoms with Gasteiger partial charge in [0, 0.05) is 20.1 Å². The van der Waals surface area contributed by atoms with Gasteiger partial charge in [-0.2, -0.15) is 8.42 Å². The average molecular weight is 353 g/mol. The molecule has 1 saturated heterocycles. The van der Waals surface area contributed by atoms with Crippen LogP contribution in [0.2, 0.25) is 0 Å². The number of amides is 1. The first-order valence-electron chi connectivity index (χ1n) is 7.96. The summed E-state index contributed by atoms with van der Waals surface area (Å²) >= 11 is 0. The molecule has 24 heavy (non-hydrogen) atoms. The van der Waals surface area contributed by atoms with Crippen LogP contribution in [0.3, 0.4) is 0 Å². The van der Waals surface area contributed by atoms with E-state index in [1.54, 1.807) is 24.1 Å². The number of ether oxygens (including phenoxy) is 1. The van der Waals surface area contributed by atoms with Crippen molar-refractivity contribution in [3.63, 3.8) is 0 Å². The highest BCUT2D eigenvalue weighted by Gasteiger charge is 2.45. The second kappa shape index (κ2) is 5.54. The van der Waals surface area contributed by atoms with Crippen molar-refractivity contribution in [1.82, 2.24) is 4.90 Å². The summed E-state index contributed by atoms with van der Waals surface area (Å²) in [4.78, 5) is 13.8. The number of rotatable bonds is 1. The summed E-state index contributed by atoms with van der Waals surface area (Å²) in [7, 11) is -2.05. The second-order valence-electron chi connectivity index (χ2n) is 7.13. The molecule has 2 aliphatic heterocycles. The van der Waals surface area contributed by atoms with Crippen LogP contribution in [0, 0.1) is 0 Å². The minimum absolute atomic E-state index is 0.284. The van der Waals surface area contributed by atoms with Crippen molar-refractivity contribution >= 4 is 27.7 Å². The van der Waals surface area contributed by atoms with E-state index in [1.807, 2.05) is 32.9 Å². The molecule has 7 nitrogen and oxygen atoms in total. The van der Waals surface area contributed by atoms with Crippen LogP contribution < -0.4 is 8.61 Å². The summed E-state index contributed by atoms with van der Waals surface area (Å²) in [6, 6.07) is 6.94. The van der Waals surface area contributed by atoms with Gasteiger partial charge in [-0.3, -0.25) is 4.31 Å². The van der Waals surface area contributed by atoms with Crippen molar-refractivity contribution in [2.24, 2.45) is 0 Å². The normalized spacial score (nSPS) is 22.7. The largest absolute Gasteiger partial charge is 0.444 e. The molecule has 0 radical (unpaired) electrons. The molecule has 0 aromatic heterocycles. The van der Waals surface area contributed by atoms with E-state index in [9.17, 15) is 13.2 Å². The molecule has 1 amide bonds. The van der Waals surface area contributed by atoms with Crippen LogP contribution in [0.1, 0.15) is 27.2 Å². The number of likely N-dealkylation sites (tertiary alicyclic amines) is 1. The molecule has 1 aromatic carbocycles. The molecule has 0 aliphatic carbocycles. The molecule has 3 rings (SSSR count). The third-order valence-electron chi connectivity index (χ3n) is 4.20. The molecule has 2 heterocycles. The molecule has 0 bridgehead atoms. The molecular weight excluding hydrogens is 330 g/mol. The number of anilines is 2. The lowest BCUT2D eigenvalue weighted by atomic mass is 10.2. The van der Waals surface area contributed by atoms with Crippen molar-refractivity contribution in [1.29, 1.82) is 0 Å². The first kappa shape index (κ1) is 16.9. The third kappa shape index (κ3) is 2.79. The van der Waals surface area contributed by atoms with Crippen molar-refractivity contribution < 1.29 is 17.9 Å². The zero-order valence-corrected chi connectivity index (χ0v) is 15.2. The third-order valence-corrected chi connectivity index (χ3v) is 6.08. The predicted molar refractivity (Wildman–Crippen MR) is 92.5 cm³/mol. The topological polar surface area (TPSA) is 70.2 Å². The van der Waals surface area contributed by atoms with Gasteiger partial charge >= 0.3 is 16.3 Å². The lowest BCUT2D eigenvalue weighted by molar-refractivity contribution is 0.0293. The molecule has 1 atom stereocenters. The lowest BCUT2D eigenvalue weighted by Crippen LogP contribution is -2.45. The van der Waals surface area contributed by atoms with Crippen molar-refractivity contribution in [2.75, 3.05) is 28.7 Å². The molecule has 1 fully saturated rings. The molecule has 1 aromatic rings. The smallest absolute Gasteiger partial charge is 0.410 e. The highest BCUT2D eigenvalue weighted by Crippen LogP contribution is 2.42. The van der Waals surface area contributed by atoms with E-state index in [4.69, 9.17) is 4.74 Å². The van der Waals surface area contributed by atoms with Gasteiger partial charge in [0.25, 0.3) is 0 Å². The van der Waals surface area contributed by atoms with Gasteiger partial charge in [0.05, 0.1) is 17.4 Å². The van der Waals surface area contributed by atoms with E-state index >= 15 is 0 Å². The molecule has 132 valence electrons. The monoisotopic (exact) mass is 353 g/mol. The number of nitrogens with zero attached hydrogens (tertiary/aromatic N) is 3. The number of carbonyl (C=O) groups is 1. The maximum Gasteiger partial charge on any atom is 0.410 e. The Kier molecular flexibility index (Phi) is 3.90. The SMILES string of the molecule is CN1c2ccccc2N([C@@H]2CCN(C(=O)OC(C)(C)C)C2)S1(=O)=O. The minimum Gasteiger partial charge on any atom is -0.444 e. The summed E-state index contributed by atoms with van der Waals surface area (Å²) in [6.07, 6.45) is 0.184. The van der Waals surface area contributed by atoms with Crippen LogP contribution in [0.4, 0.5) is 16.2 Å². The van der Waals surface area contributed by atoms with Crippen molar-refractivity contribution in [2.45, 2.75) is 38.8 Å². The molecule has 0 N–H and O–H groups in total. The van der Waals surface area contributed by atoms with Crippen molar-refractivity contribution in [3.8, 4) is 0 Å². The summed E-state index contributed by atoms with van der Waals surface area (Å²) in [5, 5.41) is 0. The Morgan fingerprint density at radius 3 is 2.46 bits per heavy atom. The minimum atomic E-state index is -3.60. The van der Waals surface area contributed by atoms with Gasteiger partial charge in [-0.1, -0.05) is 12.1 Å². The van der Waals surface area contributed by atoms with Crippen LogP contribution >= 0.6 is 0 Å². The lowest BCUT2D eigenvalue weighted by Gasteiger charge is -2.27. The summed E-state index contributed by atoms with van der Waals surface area (Å²) in [5.41, 5.74) is 0.756. The predicted octanol–water partition coefficient (Wildman–Crippen LogP) is 2.20. The highest BCUT2D eigenvalue weighted by atomic mass is 32.2. The Bertz CT molecular complexity index is 757. The molecule has 0 unspecified atom stereocenters. The number of benzene rings is 1. The van der Waals surface area contributed by atoms with Crippen LogP contribution in [0.5, 0.6) is 0 Å². The summed E-state index contributed by atoms with van der Waals surface area (Å²) < 4.78 is 33.6.